The van der Waals surface area contributed by atoms with Gasteiger partial charge in [-0.25, -0.2) is 0 Å². The van der Waals surface area contributed by atoms with Gasteiger partial charge in [-0.3, -0.25) is 0 Å². The van der Waals surface area contributed by atoms with Crippen LogP contribution in [0.3, 0.4) is 0 Å². The van der Waals surface area contributed by atoms with Gasteiger partial charge in [0, 0.05) is 16.6 Å². The largest absolute Gasteiger partial charge is 0.399 e. The van der Waals surface area contributed by atoms with Crippen LogP contribution in [-0.4, -0.2) is 10.7 Å². The van der Waals surface area contributed by atoms with Crippen LogP contribution in [0.25, 0.3) is 10.9 Å². The van der Waals surface area contributed by atoms with E-state index in [1.807, 2.05) is 30.0 Å². The van der Waals surface area contributed by atoms with E-state index in [0.717, 1.165) is 17.0 Å². The van der Waals surface area contributed by atoms with E-state index in [-0.39, 0.29) is 0 Å². The summed E-state index contributed by atoms with van der Waals surface area (Å²) < 4.78 is 0. The quantitative estimate of drug-likeness (QED) is 0.567. The molecule has 2 rings (SSSR count). The van der Waals surface area contributed by atoms with Crippen molar-refractivity contribution in [2.24, 2.45) is 0 Å². The van der Waals surface area contributed by atoms with Gasteiger partial charge in [-0.1, -0.05) is 13.0 Å². The molecule has 1 heterocycles. The van der Waals surface area contributed by atoms with E-state index in [9.17, 15) is 0 Å². The van der Waals surface area contributed by atoms with Gasteiger partial charge in [0.25, 0.3) is 0 Å². The number of nitrogens with two attached hydrogens (primary N) is 1. The van der Waals surface area contributed by atoms with E-state index in [1.54, 1.807) is 0 Å². The van der Waals surface area contributed by atoms with Crippen LogP contribution >= 0.6 is 11.8 Å². The Labute approximate surface area is 81.5 Å². The predicted octanol–water partition coefficient (Wildman–Crippen LogP) is 2.86. The molecule has 1 aromatic heterocycles. The van der Waals surface area contributed by atoms with Crippen LogP contribution in [0.15, 0.2) is 29.3 Å². The van der Waals surface area contributed by atoms with Gasteiger partial charge in [0.05, 0.1) is 5.03 Å². The minimum Gasteiger partial charge on any atom is -0.399 e. The van der Waals surface area contributed by atoms with Crippen LogP contribution in [-0.2, 0) is 0 Å². The molecule has 0 saturated heterocycles. The maximum atomic E-state index is 5.68. The van der Waals surface area contributed by atoms with Crippen LogP contribution in [0.5, 0.6) is 0 Å². The number of H-pyrrole nitrogens is 1. The first-order valence-electron chi connectivity index (χ1n) is 4.30. The summed E-state index contributed by atoms with van der Waals surface area (Å²) in [6.07, 6.45) is 0. The maximum absolute atomic E-state index is 5.68. The van der Waals surface area contributed by atoms with Crippen molar-refractivity contribution in [3.63, 3.8) is 0 Å². The summed E-state index contributed by atoms with van der Waals surface area (Å²) in [4.78, 5) is 3.32. The Morgan fingerprint density at radius 3 is 3.00 bits per heavy atom. The number of thioether (sulfide) groups is 1. The summed E-state index contributed by atoms with van der Waals surface area (Å²) in [5, 5.41) is 2.44. The van der Waals surface area contributed by atoms with Crippen molar-refractivity contribution >= 4 is 28.4 Å². The fourth-order valence-corrected chi connectivity index (χ4v) is 2.05. The molecule has 0 aliphatic heterocycles. The third-order valence-electron chi connectivity index (χ3n) is 1.92. The highest BCUT2D eigenvalue weighted by Crippen LogP contribution is 2.24. The lowest BCUT2D eigenvalue weighted by atomic mass is 10.2. The molecule has 0 bridgehead atoms. The van der Waals surface area contributed by atoms with Gasteiger partial charge >= 0.3 is 0 Å². The predicted molar refractivity (Wildman–Crippen MR) is 59.1 cm³/mol. The number of benzene rings is 1. The van der Waals surface area contributed by atoms with Crippen molar-refractivity contribution in [1.82, 2.24) is 4.98 Å². The van der Waals surface area contributed by atoms with Gasteiger partial charge in [-0.05, 0) is 24.0 Å². The first kappa shape index (κ1) is 8.51. The normalized spacial score (nSPS) is 10.8. The number of hydrogen-bond acceptors (Lipinski definition) is 2. The molecule has 68 valence electrons. The average Bonchev–Trinajstić information content (AvgIpc) is 2.46. The highest BCUT2D eigenvalue weighted by Gasteiger charge is 1.99. The summed E-state index contributed by atoms with van der Waals surface area (Å²) >= 11 is 1.81. The Morgan fingerprint density at radius 2 is 2.23 bits per heavy atom. The second-order valence-electron chi connectivity index (χ2n) is 2.91. The first-order valence-corrected chi connectivity index (χ1v) is 5.29. The number of fused-ring (bicyclic) bond motifs is 1. The van der Waals surface area contributed by atoms with Gasteiger partial charge < -0.3 is 10.7 Å². The lowest BCUT2D eigenvalue weighted by Gasteiger charge is -1.91. The van der Waals surface area contributed by atoms with Gasteiger partial charge in [-0.15, -0.1) is 11.8 Å². The smallest absolute Gasteiger partial charge is 0.0732 e. The monoisotopic (exact) mass is 192 g/mol. The fraction of sp³-hybridized carbons (Fsp3) is 0.200. The van der Waals surface area contributed by atoms with Crippen LogP contribution in [0.2, 0.25) is 0 Å². The molecule has 0 saturated carbocycles. The van der Waals surface area contributed by atoms with Crippen molar-refractivity contribution in [2.75, 3.05) is 11.5 Å². The van der Waals surface area contributed by atoms with Crippen LogP contribution in [0.1, 0.15) is 6.92 Å². The molecule has 3 heteroatoms. The number of nitrogens with one attached hydrogen (secondary N) is 1. The average molecular weight is 192 g/mol. The molecule has 2 aromatic rings. The molecule has 13 heavy (non-hydrogen) atoms. The van der Waals surface area contributed by atoms with Crippen LogP contribution in [0.4, 0.5) is 5.69 Å². The number of rotatable bonds is 2. The third-order valence-corrected chi connectivity index (χ3v) is 2.74. The van der Waals surface area contributed by atoms with Crippen molar-refractivity contribution in [2.45, 2.75) is 11.9 Å². The number of hydrogen-bond donors (Lipinski definition) is 2. The Balaban J connectivity index is 2.49. The molecule has 0 unspecified atom stereocenters. The summed E-state index contributed by atoms with van der Waals surface area (Å²) in [5.41, 5.74) is 7.61. The molecule has 2 nitrogen and oxygen atoms in total. The SMILES string of the molecule is CCSc1cc2ccc(N)cc2[nH]1. The number of aromatic nitrogens is 1. The summed E-state index contributed by atoms with van der Waals surface area (Å²) in [6.45, 7) is 2.14. The minimum absolute atomic E-state index is 0.808. The van der Waals surface area contributed by atoms with Gasteiger partial charge in [0.1, 0.15) is 0 Å². The van der Waals surface area contributed by atoms with E-state index in [0.29, 0.717) is 0 Å². The number of anilines is 1. The molecule has 0 aliphatic carbocycles. The Bertz CT molecular complexity index is 420. The van der Waals surface area contributed by atoms with Gasteiger partial charge in [0.2, 0.25) is 0 Å². The highest BCUT2D eigenvalue weighted by molar-refractivity contribution is 7.99. The molecule has 0 fully saturated rings. The molecule has 0 atom stereocenters. The summed E-state index contributed by atoms with van der Waals surface area (Å²) in [7, 11) is 0. The first-order chi connectivity index (χ1) is 6.29. The van der Waals surface area contributed by atoms with Crippen LogP contribution in [0, 0.1) is 0 Å². The van der Waals surface area contributed by atoms with Gasteiger partial charge in [0.15, 0.2) is 0 Å². The van der Waals surface area contributed by atoms with E-state index >= 15 is 0 Å². The molecule has 3 N–H and O–H groups in total. The maximum Gasteiger partial charge on any atom is 0.0732 e. The fourth-order valence-electron chi connectivity index (χ4n) is 1.35. The summed E-state index contributed by atoms with van der Waals surface area (Å²) in [6, 6.07) is 8.09. The standard InChI is InChI=1S/C10H12N2S/c1-2-13-10-5-7-3-4-8(11)6-9(7)12-10/h3-6,12H,2,11H2,1H3. The van der Waals surface area contributed by atoms with Gasteiger partial charge in [-0.2, -0.15) is 0 Å². The topological polar surface area (TPSA) is 41.8 Å². The third kappa shape index (κ3) is 1.65. The molecule has 0 amide bonds. The van der Waals surface area contributed by atoms with Crippen molar-refractivity contribution in [3.05, 3.63) is 24.3 Å². The second kappa shape index (κ2) is 3.34. The van der Waals surface area contributed by atoms with E-state index < -0.39 is 0 Å². The number of aromatic amines is 1. The summed E-state index contributed by atoms with van der Waals surface area (Å²) in [5.74, 6) is 1.09. The highest BCUT2D eigenvalue weighted by atomic mass is 32.2. The van der Waals surface area contributed by atoms with E-state index in [2.05, 4.69) is 18.0 Å². The van der Waals surface area contributed by atoms with E-state index in [4.69, 9.17) is 5.73 Å². The minimum atomic E-state index is 0.808. The molecular weight excluding hydrogens is 180 g/mol. The Hall–Kier alpha value is -1.09. The lowest BCUT2D eigenvalue weighted by Crippen LogP contribution is -1.82. The molecule has 1 aromatic carbocycles. The zero-order chi connectivity index (χ0) is 9.26. The van der Waals surface area contributed by atoms with Crippen LogP contribution < -0.4 is 5.73 Å². The zero-order valence-corrected chi connectivity index (χ0v) is 8.32. The lowest BCUT2D eigenvalue weighted by molar-refractivity contribution is 1.24. The second-order valence-corrected chi connectivity index (χ2v) is 4.22. The molecule has 0 radical (unpaired) electrons. The van der Waals surface area contributed by atoms with Crippen molar-refractivity contribution in [1.29, 1.82) is 0 Å². The number of nitrogen functional groups attached to an aromatic ring is 1. The van der Waals surface area contributed by atoms with Crippen molar-refractivity contribution < 1.29 is 0 Å². The molecule has 0 aliphatic rings. The zero-order valence-electron chi connectivity index (χ0n) is 7.50. The Kier molecular flexibility index (Phi) is 2.19. The van der Waals surface area contributed by atoms with E-state index in [1.165, 1.54) is 10.4 Å². The molecular formula is C10H12N2S. The Morgan fingerprint density at radius 1 is 1.38 bits per heavy atom. The van der Waals surface area contributed by atoms with Crippen molar-refractivity contribution in [3.8, 4) is 0 Å². The molecule has 0 spiro atoms.